The lowest BCUT2D eigenvalue weighted by Gasteiger charge is -2.36. The van der Waals surface area contributed by atoms with Crippen molar-refractivity contribution in [3.63, 3.8) is 0 Å². The molecule has 3 aliphatic rings. The zero-order valence-corrected chi connectivity index (χ0v) is 18.8. The van der Waals surface area contributed by atoms with Crippen molar-refractivity contribution in [1.29, 1.82) is 0 Å². The highest BCUT2D eigenvalue weighted by atomic mass is 32.2. The minimum atomic E-state index is -2.45. The molecule has 0 saturated carbocycles. The summed E-state index contributed by atoms with van der Waals surface area (Å²) in [5.41, 5.74) is 8.67. The first-order chi connectivity index (χ1) is 15.5. The number of hydrogen-bond acceptors (Lipinski definition) is 8. The Morgan fingerprint density at radius 2 is 2.31 bits per heavy atom. The number of aromatic nitrogens is 2. The number of hydrazine groups is 2. The van der Waals surface area contributed by atoms with Crippen LogP contribution in [0.2, 0.25) is 0 Å². The largest absolute Gasteiger partial charge is 0.342 e. The molecule has 1 saturated heterocycles. The van der Waals surface area contributed by atoms with Gasteiger partial charge < -0.3 is 10.3 Å². The summed E-state index contributed by atoms with van der Waals surface area (Å²) in [4.78, 5) is 18.9. The molecule has 174 valence electrons. The summed E-state index contributed by atoms with van der Waals surface area (Å²) >= 11 is 1.70. The van der Waals surface area contributed by atoms with E-state index in [0.29, 0.717) is 18.0 Å². The van der Waals surface area contributed by atoms with Gasteiger partial charge in [0.05, 0.1) is 24.3 Å². The van der Waals surface area contributed by atoms with E-state index in [0.717, 1.165) is 49.6 Å². The second-order valence-corrected chi connectivity index (χ2v) is 8.97. The van der Waals surface area contributed by atoms with Crippen LogP contribution in [0.3, 0.4) is 0 Å². The van der Waals surface area contributed by atoms with Crippen LogP contribution in [-0.4, -0.2) is 75.0 Å². The van der Waals surface area contributed by atoms with Gasteiger partial charge in [-0.25, -0.2) is 18.8 Å². The molecule has 1 unspecified atom stereocenters. The molecular formula is C20H28F2N8OS. The van der Waals surface area contributed by atoms with Crippen molar-refractivity contribution in [3.05, 3.63) is 36.2 Å². The molecule has 3 aliphatic heterocycles. The average Bonchev–Trinajstić information content (AvgIpc) is 3.38. The van der Waals surface area contributed by atoms with E-state index >= 15 is 0 Å². The Labute approximate surface area is 190 Å². The molecule has 1 aromatic rings. The van der Waals surface area contributed by atoms with Gasteiger partial charge in [0.2, 0.25) is 5.91 Å². The van der Waals surface area contributed by atoms with Gasteiger partial charge >= 0.3 is 0 Å². The lowest BCUT2D eigenvalue weighted by atomic mass is 9.97. The fourth-order valence-electron chi connectivity index (χ4n) is 4.02. The van der Waals surface area contributed by atoms with Crippen LogP contribution >= 0.6 is 11.8 Å². The first kappa shape index (κ1) is 22.4. The van der Waals surface area contributed by atoms with E-state index < -0.39 is 13.0 Å². The number of amides is 1. The molecule has 12 heteroatoms. The van der Waals surface area contributed by atoms with Gasteiger partial charge in [-0.05, 0) is 25.0 Å². The standard InChI is InChI=1S/C20H28F2N8OS/c1-32-6-4-20(31)27-5-2-3-15(9-27)10-30-18-12-29(14-23-17(18)8-25-30)26-16-7-24-28(11-16)13-19(21)22/h7-8,11-12,14-15,19,25-26H,2-6,9-10,13H2,1H3. The monoisotopic (exact) mass is 466 g/mol. The number of nitrogens with one attached hydrogen (secondary N) is 2. The lowest BCUT2D eigenvalue weighted by molar-refractivity contribution is -0.132. The molecule has 1 atom stereocenters. The van der Waals surface area contributed by atoms with Gasteiger partial charge in [0.25, 0.3) is 6.43 Å². The number of fused-ring (bicyclic) bond motifs is 1. The van der Waals surface area contributed by atoms with Crippen molar-refractivity contribution in [2.75, 3.05) is 37.1 Å². The summed E-state index contributed by atoms with van der Waals surface area (Å²) in [7, 11) is 0. The summed E-state index contributed by atoms with van der Waals surface area (Å²) < 4.78 is 26.3. The van der Waals surface area contributed by atoms with E-state index in [4.69, 9.17) is 0 Å². The quantitative estimate of drug-likeness (QED) is 0.578. The van der Waals surface area contributed by atoms with Crippen LogP contribution in [0, 0.1) is 5.92 Å². The number of hydrogen-bond donors (Lipinski definition) is 2. The number of piperidine rings is 1. The highest BCUT2D eigenvalue weighted by Crippen LogP contribution is 2.27. The maximum absolute atomic E-state index is 12.5. The molecule has 1 amide bonds. The lowest BCUT2D eigenvalue weighted by Crippen LogP contribution is -2.45. The third-order valence-electron chi connectivity index (χ3n) is 5.54. The van der Waals surface area contributed by atoms with Gasteiger partial charge in [-0.15, -0.1) is 0 Å². The molecular weight excluding hydrogens is 438 g/mol. The van der Waals surface area contributed by atoms with Crippen molar-refractivity contribution >= 4 is 29.7 Å². The van der Waals surface area contributed by atoms with Crippen molar-refractivity contribution in [1.82, 2.24) is 30.1 Å². The number of carbonyl (C=O) groups excluding carboxylic acids is 1. The van der Waals surface area contributed by atoms with E-state index in [1.54, 1.807) is 23.1 Å². The Bertz CT molecular complexity index is 902. The Morgan fingerprint density at radius 3 is 3.12 bits per heavy atom. The van der Waals surface area contributed by atoms with Crippen LogP contribution in [0.1, 0.15) is 19.3 Å². The highest BCUT2D eigenvalue weighted by Gasteiger charge is 2.29. The van der Waals surface area contributed by atoms with Crippen LogP contribution in [0.25, 0.3) is 0 Å². The maximum Gasteiger partial charge on any atom is 0.257 e. The first-order valence-electron chi connectivity index (χ1n) is 10.6. The van der Waals surface area contributed by atoms with E-state index in [2.05, 4.69) is 20.9 Å². The molecule has 0 aliphatic carbocycles. The number of aliphatic imine (C=N–C) groups is 1. The summed E-state index contributed by atoms with van der Waals surface area (Å²) in [5.74, 6) is 1.46. The number of thioether (sulfide) groups is 1. The smallest absolute Gasteiger partial charge is 0.257 e. The molecule has 2 N–H and O–H groups in total. The van der Waals surface area contributed by atoms with E-state index in [9.17, 15) is 13.6 Å². The second kappa shape index (κ2) is 10.2. The normalized spacial score (nSPS) is 20.2. The van der Waals surface area contributed by atoms with Gasteiger partial charge in [-0.1, -0.05) is 0 Å². The Balaban J connectivity index is 1.35. The van der Waals surface area contributed by atoms with Crippen LogP contribution in [0.4, 0.5) is 14.5 Å². The number of anilines is 1. The number of nitrogens with zero attached hydrogens (tertiary/aromatic N) is 6. The predicted octanol–water partition coefficient (Wildman–Crippen LogP) is 2.31. The molecule has 0 radical (unpaired) electrons. The van der Waals surface area contributed by atoms with Gasteiger partial charge in [0.1, 0.15) is 24.3 Å². The Hall–Kier alpha value is -2.76. The van der Waals surface area contributed by atoms with Gasteiger partial charge in [-0.3, -0.25) is 19.9 Å². The molecule has 4 heterocycles. The molecule has 4 rings (SSSR count). The van der Waals surface area contributed by atoms with E-state index in [1.807, 2.05) is 28.6 Å². The van der Waals surface area contributed by atoms with Crippen LogP contribution in [-0.2, 0) is 11.3 Å². The molecule has 9 nitrogen and oxygen atoms in total. The SMILES string of the molecule is CSCCC(=O)N1CCCC(CN2NC=C3N=CN(Nc4cnn(CC(F)F)c4)C=C32)C1. The van der Waals surface area contributed by atoms with E-state index in [1.165, 1.54) is 17.1 Å². The van der Waals surface area contributed by atoms with Crippen LogP contribution in [0.5, 0.6) is 0 Å². The number of alkyl halides is 2. The minimum Gasteiger partial charge on any atom is -0.342 e. The topological polar surface area (TPSA) is 81.0 Å². The number of carbonyl (C=O) groups is 1. The molecule has 0 spiro atoms. The predicted molar refractivity (Wildman–Crippen MR) is 120 cm³/mol. The number of rotatable bonds is 9. The summed E-state index contributed by atoms with van der Waals surface area (Å²) in [6.45, 7) is 1.92. The minimum absolute atomic E-state index is 0.237. The molecule has 1 aromatic heterocycles. The maximum atomic E-state index is 12.5. The summed E-state index contributed by atoms with van der Waals surface area (Å²) in [6, 6.07) is 0. The molecule has 0 bridgehead atoms. The second-order valence-electron chi connectivity index (χ2n) is 7.98. The van der Waals surface area contributed by atoms with Crippen molar-refractivity contribution in [3.8, 4) is 0 Å². The van der Waals surface area contributed by atoms with Crippen LogP contribution < -0.4 is 10.9 Å². The highest BCUT2D eigenvalue weighted by molar-refractivity contribution is 7.98. The molecule has 0 aromatic carbocycles. The van der Waals surface area contributed by atoms with Crippen molar-refractivity contribution in [2.45, 2.75) is 32.2 Å². The fraction of sp³-hybridized carbons (Fsp3) is 0.550. The molecule has 1 fully saturated rings. The zero-order chi connectivity index (χ0) is 22.5. The van der Waals surface area contributed by atoms with Crippen LogP contribution in [0.15, 0.2) is 41.2 Å². The van der Waals surface area contributed by atoms with Crippen molar-refractivity contribution in [2.24, 2.45) is 10.9 Å². The van der Waals surface area contributed by atoms with E-state index in [-0.39, 0.29) is 5.91 Å². The van der Waals surface area contributed by atoms with Gasteiger partial charge in [-0.2, -0.15) is 16.9 Å². The number of halogens is 2. The van der Waals surface area contributed by atoms with Gasteiger partial charge in [0, 0.05) is 38.0 Å². The van der Waals surface area contributed by atoms with Gasteiger partial charge in [0.15, 0.2) is 0 Å². The van der Waals surface area contributed by atoms with Crippen molar-refractivity contribution < 1.29 is 13.6 Å². The summed E-state index contributed by atoms with van der Waals surface area (Å²) in [5, 5.41) is 7.65. The average molecular weight is 467 g/mol. The third kappa shape index (κ3) is 5.53. The Kier molecular flexibility index (Phi) is 7.18. The third-order valence-corrected chi connectivity index (χ3v) is 6.15. The number of likely N-dealkylation sites (tertiary alicyclic amines) is 1. The Morgan fingerprint density at radius 1 is 1.44 bits per heavy atom. The first-order valence-corrected chi connectivity index (χ1v) is 12.0. The fourth-order valence-corrected chi connectivity index (χ4v) is 4.40. The summed E-state index contributed by atoms with van der Waals surface area (Å²) in [6.07, 6.45) is 10.6. The zero-order valence-electron chi connectivity index (χ0n) is 18.0. The molecule has 32 heavy (non-hydrogen) atoms.